The monoisotopic (exact) mass is 244 g/mol. The molecule has 0 bridgehead atoms. The molecule has 0 radical (unpaired) electrons. The molecule has 18 heavy (non-hydrogen) atoms. The maximum Gasteiger partial charge on any atom is 0.237 e. The van der Waals surface area contributed by atoms with Gasteiger partial charge in [0, 0.05) is 6.54 Å². The number of nitrogens with one attached hydrogen (secondary N) is 1. The first kappa shape index (κ1) is 14.2. The first-order valence-electron chi connectivity index (χ1n) is 6.46. The predicted octanol–water partition coefficient (Wildman–Crippen LogP) is 2.46. The van der Waals surface area contributed by atoms with Crippen LogP contribution < -0.4 is 5.32 Å². The zero-order chi connectivity index (χ0) is 13.4. The molecule has 0 aromatic heterocycles. The summed E-state index contributed by atoms with van der Waals surface area (Å²) in [5.41, 5.74) is 2.30. The van der Waals surface area contributed by atoms with Crippen molar-refractivity contribution in [3.05, 3.63) is 35.4 Å². The zero-order valence-electron chi connectivity index (χ0n) is 11.1. The Bertz CT molecular complexity index is 417. The van der Waals surface area contributed by atoms with Crippen LogP contribution in [0.2, 0.25) is 0 Å². The third kappa shape index (κ3) is 4.21. The molecule has 0 heterocycles. The van der Waals surface area contributed by atoms with Crippen molar-refractivity contribution in [2.24, 2.45) is 5.92 Å². The van der Waals surface area contributed by atoms with E-state index in [0.717, 1.165) is 18.4 Å². The summed E-state index contributed by atoms with van der Waals surface area (Å²) < 4.78 is 0. The van der Waals surface area contributed by atoms with Crippen LogP contribution in [-0.2, 0) is 17.6 Å². The summed E-state index contributed by atoms with van der Waals surface area (Å²) in [4.78, 5) is 11.7. The van der Waals surface area contributed by atoms with Crippen LogP contribution in [0, 0.1) is 17.2 Å². The topological polar surface area (TPSA) is 52.9 Å². The zero-order valence-corrected chi connectivity index (χ0v) is 11.1. The Kier molecular flexibility index (Phi) is 5.93. The summed E-state index contributed by atoms with van der Waals surface area (Å²) in [6.07, 6.45) is 2.37. The number of nitrogens with zero attached hydrogens (tertiary/aromatic N) is 1. The van der Waals surface area contributed by atoms with Crippen LogP contribution in [0.5, 0.6) is 0 Å². The molecular weight excluding hydrogens is 224 g/mol. The summed E-state index contributed by atoms with van der Waals surface area (Å²) in [6, 6.07) is 10.2. The van der Waals surface area contributed by atoms with Crippen molar-refractivity contribution in [3.63, 3.8) is 0 Å². The van der Waals surface area contributed by atoms with Crippen molar-refractivity contribution in [2.45, 2.75) is 33.1 Å². The number of hydrogen-bond acceptors (Lipinski definition) is 2. The Hall–Kier alpha value is -1.82. The van der Waals surface area contributed by atoms with Crippen LogP contribution in [-0.4, -0.2) is 12.5 Å². The number of aryl methyl sites for hydroxylation is 1. The Labute approximate surface area is 109 Å². The highest BCUT2D eigenvalue weighted by molar-refractivity contribution is 5.81. The van der Waals surface area contributed by atoms with E-state index in [1.165, 1.54) is 5.56 Å². The van der Waals surface area contributed by atoms with Gasteiger partial charge in [0.25, 0.3) is 0 Å². The quantitative estimate of drug-likeness (QED) is 0.835. The van der Waals surface area contributed by atoms with Gasteiger partial charge in [-0.2, -0.15) is 5.26 Å². The average molecular weight is 244 g/mol. The highest BCUT2D eigenvalue weighted by Gasteiger charge is 2.17. The second-order valence-electron chi connectivity index (χ2n) is 4.35. The van der Waals surface area contributed by atoms with Crippen molar-refractivity contribution >= 4 is 5.91 Å². The third-order valence-electron chi connectivity index (χ3n) is 2.89. The van der Waals surface area contributed by atoms with Crippen LogP contribution in [0.3, 0.4) is 0 Å². The molecular formula is C15H20N2O. The van der Waals surface area contributed by atoms with Crippen molar-refractivity contribution in [3.8, 4) is 6.07 Å². The van der Waals surface area contributed by atoms with E-state index < -0.39 is 5.92 Å². The molecule has 3 nitrogen and oxygen atoms in total. The molecule has 1 rings (SSSR count). The van der Waals surface area contributed by atoms with E-state index in [1.54, 1.807) is 0 Å². The van der Waals surface area contributed by atoms with Crippen LogP contribution in [0.15, 0.2) is 24.3 Å². The molecule has 1 aromatic carbocycles. The first-order chi connectivity index (χ1) is 8.71. The summed E-state index contributed by atoms with van der Waals surface area (Å²) in [7, 11) is 0. The standard InChI is InChI=1S/C15H20N2O/c1-3-9-17-15(18)14(11-16)10-13-7-5-12(4-2)6-8-13/h5-8,14H,3-4,9-10H2,1-2H3,(H,17,18). The molecule has 1 amide bonds. The molecule has 1 N–H and O–H groups in total. The second-order valence-corrected chi connectivity index (χ2v) is 4.35. The fourth-order valence-corrected chi connectivity index (χ4v) is 1.72. The molecule has 0 spiro atoms. The van der Waals surface area contributed by atoms with E-state index >= 15 is 0 Å². The van der Waals surface area contributed by atoms with Crippen molar-refractivity contribution in [1.82, 2.24) is 5.32 Å². The van der Waals surface area contributed by atoms with Gasteiger partial charge in [0.15, 0.2) is 0 Å². The van der Waals surface area contributed by atoms with Gasteiger partial charge >= 0.3 is 0 Å². The van der Waals surface area contributed by atoms with Crippen molar-refractivity contribution in [2.75, 3.05) is 6.54 Å². The van der Waals surface area contributed by atoms with Gasteiger partial charge in [0.05, 0.1) is 6.07 Å². The lowest BCUT2D eigenvalue weighted by Crippen LogP contribution is -2.31. The summed E-state index contributed by atoms with van der Waals surface area (Å²) >= 11 is 0. The normalized spacial score (nSPS) is 11.6. The maximum absolute atomic E-state index is 11.7. The smallest absolute Gasteiger partial charge is 0.237 e. The molecule has 3 heteroatoms. The van der Waals surface area contributed by atoms with Crippen LogP contribution in [0.1, 0.15) is 31.4 Å². The molecule has 0 saturated heterocycles. The van der Waals surface area contributed by atoms with Gasteiger partial charge in [-0.15, -0.1) is 0 Å². The van der Waals surface area contributed by atoms with Crippen molar-refractivity contribution < 1.29 is 4.79 Å². The van der Waals surface area contributed by atoms with Gasteiger partial charge in [0.1, 0.15) is 5.92 Å². The van der Waals surface area contributed by atoms with Crippen LogP contribution in [0.4, 0.5) is 0 Å². The van der Waals surface area contributed by atoms with Gasteiger partial charge in [-0.1, -0.05) is 38.1 Å². The fraction of sp³-hybridized carbons (Fsp3) is 0.467. The number of carbonyl (C=O) groups excluding carboxylic acids is 1. The van der Waals surface area contributed by atoms with E-state index in [1.807, 2.05) is 31.2 Å². The molecule has 1 unspecified atom stereocenters. The summed E-state index contributed by atoms with van der Waals surface area (Å²) in [6.45, 7) is 4.72. The third-order valence-corrected chi connectivity index (χ3v) is 2.89. The minimum absolute atomic E-state index is 0.168. The Morgan fingerprint density at radius 1 is 1.28 bits per heavy atom. The van der Waals surface area contributed by atoms with Gasteiger partial charge in [-0.05, 0) is 30.4 Å². The SMILES string of the molecule is CCCNC(=O)C(C#N)Cc1ccc(CC)cc1. The van der Waals surface area contributed by atoms with Gasteiger partial charge < -0.3 is 5.32 Å². The Morgan fingerprint density at radius 3 is 2.39 bits per heavy atom. The fourth-order valence-electron chi connectivity index (χ4n) is 1.72. The molecule has 0 aliphatic rings. The van der Waals surface area contributed by atoms with Gasteiger partial charge in [-0.3, -0.25) is 4.79 Å². The summed E-state index contributed by atoms with van der Waals surface area (Å²) in [5.74, 6) is -0.761. The Morgan fingerprint density at radius 2 is 1.89 bits per heavy atom. The highest BCUT2D eigenvalue weighted by atomic mass is 16.1. The van der Waals surface area contributed by atoms with E-state index in [0.29, 0.717) is 13.0 Å². The van der Waals surface area contributed by atoms with Gasteiger partial charge in [-0.25, -0.2) is 0 Å². The molecule has 0 aliphatic heterocycles. The minimum Gasteiger partial charge on any atom is -0.355 e. The predicted molar refractivity (Wildman–Crippen MR) is 71.9 cm³/mol. The van der Waals surface area contributed by atoms with E-state index in [2.05, 4.69) is 18.3 Å². The Balaban J connectivity index is 2.62. The molecule has 96 valence electrons. The highest BCUT2D eigenvalue weighted by Crippen LogP contribution is 2.11. The van der Waals surface area contributed by atoms with E-state index in [-0.39, 0.29) is 5.91 Å². The van der Waals surface area contributed by atoms with Crippen LogP contribution in [0.25, 0.3) is 0 Å². The number of amides is 1. The number of carbonyl (C=O) groups is 1. The minimum atomic E-state index is -0.593. The molecule has 1 atom stereocenters. The largest absolute Gasteiger partial charge is 0.355 e. The molecule has 1 aromatic rings. The number of benzene rings is 1. The lowest BCUT2D eigenvalue weighted by Gasteiger charge is -2.10. The number of rotatable bonds is 6. The molecule has 0 fully saturated rings. The lowest BCUT2D eigenvalue weighted by atomic mass is 9.98. The molecule has 0 saturated carbocycles. The average Bonchev–Trinajstić information content (AvgIpc) is 2.42. The first-order valence-corrected chi connectivity index (χ1v) is 6.46. The second kappa shape index (κ2) is 7.50. The van der Waals surface area contributed by atoms with Crippen LogP contribution >= 0.6 is 0 Å². The van der Waals surface area contributed by atoms with Gasteiger partial charge in [0.2, 0.25) is 5.91 Å². The van der Waals surface area contributed by atoms with E-state index in [4.69, 9.17) is 5.26 Å². The molecule has 0 aliphatic carbocycles. The summed E-state index contributed by atoms with van der Waals surface area (Å²) in [5, 5.41) is 11.8. The number of nitriles is 1. The number of hydrogen-bond donors (Lipinski definition) is 1. The maximum atomic E-state index is 11.7. The van der Waals surface area contributed by atoms with E-state index in [9.17, 15) is 4.79 Å². The lowest BCUT2D eigenvalue weighted by molar-refractivity contribution is -0.123. The van der Waals surface area contributed by atoms with Crippen molar-refractivity contribution in [1.29, 1.82) is 5.26 Å².